The Labute approximate surface area is 46.4 Å². The number of hydrogen-bond acceptors (Lipinski definition) is 3. The lowest BCUT2D eigenvalue weighted by Crippen LogP contribution is -2.18. The Morgan fingerprint density at radius 2 is 2.62 bits per heavy atom. The van der Waals surface area contributed by atoms with Gasteiger partial charge in [0.15, 0.2) is 0 Å². The minimum atomic E-state index is -1.39. The first kappa shape index (κ1) is 6.79. The zero-order valence-electron chi connectivity index (χ0n) is 4.05. The fourth-order valence-corrected chi connectivity index (χ4v) is 0.139. The molecule has 0 aromatic carbocycles. The lowest BCUT2D eigenvalue weighted by molar-refractivity contribution is 0.0494. The third-order valence-electron chi connectivity index (χ3n) is 0.334. The zero-order chi connectivity index (χ0) is 6.41. The third kappa shape index (κ3) is 4.79. The van der Waals surface area contributed by atoms with Crippen LogP contribution < -0.4 is 5.48 Å². The van der Waals surface area contributed by atoms with Crippen molar-refractivity contribution in [1.82, 2.24) is 5.48 Å². The number of hydrogen-bond donors (Lipinski definition) is 2. The Hall–Kier alpha value is -1.21. The van der Waals surface area contributed by atoms with Gasteiger partial charge in [0.2, 0.25) is 0 Å². The molecular formula is C4H5NO3. The Morgan fingerprint density at radius 1 is 2.00 bits per heavy atom. The number of carbonyl (C=O) groups is 1. The molecule has 44 valence electrons. The van der Waals surface area contributed by atoms with Gasteiger partial charge in [0.05, 0.1) is 6.54 Å². The minimum absolute atomic E-state index is 0.0896. The van der Waals surface area contributed by atoms with Gasteiger partial charge in [-0.2, -0.15) is 0 Å². The second kappa shape index (κ2) is 3.96. The van der Waals surface area contributed by atoms with Crippen LogP contribution in [0.5, 0.6) is 0 Å². The van der Waals surface area contributed by atoms with E-state index in [1.54, 1.807) is 0 Å². The fraction of sp³-hybridized carbons (Fsp3) is 0.250. The molecule has 0 radical (unpaired) electrons. The molecule has 0 aromatic heterocycles. The smallest absolute Gasteiger partial charge is 0.448 e. The summed E-state index contributed by atoms with van der Waals surface area (Å²) in [6.07, 6.45) is 3.34. The van der Waals surface area contributed by atoms with Crippen molar-refractivity contribution in [2.45, 2.75) is 0 Å². The van der Waals surface area contributed by atoms with Crippen molar-refractivity contribution < 1.29 is 14.7 Å². The first-order valence-electron chi connectivity index (χ1n) is 1.83. The van der Waals surface area contributed by atoms with Crippen molar-refractivity contribution >= 4 is 6.16 Å². The van der Waals surface area contributed by atoms with Gasteiger partial charge in [-0.25, -0.2) is 4.79 Å². The highest BCUT2D eigenvalue weighted by atomic mass is 16.8. The van der Waals surface area contributed by atoms with Crippen molar-refractivity contribution in [1.29, 1.82) is 0 Å². The van der Waals surface area contributed by atoms with E-state index in [-0.39, 0.29) is 6.54 Å². The Kier molecular flexibility index (Phi) is 3.36. The van der Waals surface area contributed by atoms with Gasteiger partial charge in [0.1, 0.15) is 0 Å². The van der Waals surface area contributed by atoms with Crippen molar-refractivity contribution in [3.05, 3.63) is 0 Å². The van der Waals surface area contributed by atoms with Crippen molar-refractivity contribution in [3.63, 3.8) is 0 Å². The molecule has 0 heterocycles. The van der Waals surface area contributed by atoms with Crippen molar-refractivity contribution in [3.8, 4) is 12.3 Å². The molecule has 0 aliphatic carbocycles. The van der Waals surface area contributed by atoms with Crippen LogP contribution >= 0.6 is 0 Å². The third-order valence-corrected chi connectivity index (χ3v) is 0.334. The highest BCUT2D eigenvalue weighted by molar-refractivity contribution is 5.56. The van der Waals surface area contributed by atoms with E-state index in [4.69, 9.17) is 11.5 Å². The Balaban J connectivity index is 2.97. The van der Waals surface area contributed by atoms with E-state index in [9.17, 15) is 4.79 Å². The van der Waals surface area contributed by atoms with Gasteiger partial charge in [-0.3, -0.25) is 0 Å². The van der Waals surface area contributed by atoms with Crippen molar-refractivity contribution in [2.75, 3.05) is 6.54 Å². The summed E-state index contributed by atoms with van der Waals surface area (Å²) in [6.45, 7) is 0.0896. The second-order valence-electron chi connectivity index (χ2n) is 0.893. The van der Waals surface area contributed by atoms with E-state index in [2.05, 4.69) is 10.8 Å². The molecule has 0 amide bonds. The monoisotopic (exact) mass is 115 g/mol. The normalized spacial score (nSPS) is 7.38. The van der Waals surface area contributed by atoms with Gasteiger partial charge < -0.3 is 9.94 Å². The molecule has 0 aliphatic rings. The quantitative estimate of drug-likeness (QED) is 0.298. The molecule has 0 spiro atoms. The first-order valence-corrected chi connectivity index (χ1v) is 1.83. The van der Waals surface area contributed by atoms with Gasteiger partial charge in [0.25, 0.3) is 0 Å². The van der Waals surface area contributed by atoms with Crippen LogP contribution in [0.15, 0.2) is 0 Å². The number of rotatable bonds is 2. The van der Waals surface area contributed by atoms with Gasteiger partial charge in [-0.1, -0.05) is 5.92 Å². The fourth-order valence-electron chi connectivity index (χ4n) is 0.139. The maximum absolute atomic E-state index is 9.52. The molecule has 0 unspecified atom stereocenters. The maximum Gasteiger partial charge on any atom is 0.525 e. The zero-order valence-corrected chi connectivity index (χ0v) is 4.05. The van der Waals surface area contributed by atoms with E-state index in [1.807, 2.05) is 5.48 Å². The lowest BCUT2D eigenvalue weighted by atomic mass is 10.7. The molecule has 0 saturated heterocycles. The van der Waals surface area contributed by atoms with Crippen LogP contribution in [0.3, 0.4) is 0 Å². The predicted molar refractivity (Wildman–Crippen MR) is 25.9 cm³/mol. The Morgan fingerprint density at radius 3 is 3.00 bits per heavy atom. The number of carboxylic acid groups (broad SMARTS) is 1. The highest BCUT2D eigenvalue weighted by Gasteiger charge is 1.90. The maximum atomic E-state index is 9.52. The van der Waals surface area contributed by atoms with Gasteiger partial charge in [-0.15, -0.1) is 11.9 Å². The van der Waals surface area contributed by atoms with E-state index in [0.29, 0.717) is 0 Å². The van der Waals surface area contributed by atoms with Gasteiger partial charge >= 0.3 is 6.16 Å². The van der Waals surface area contributed by atoms with Gasteiger partial charge in [0, 0.05) is 0 Å². The number of nitrogens with one attached hydrogen (secondary N) is 1. The van der Waals surface area contributed by atoms with Crippen LogP contribution in [-0.4, -0.2) is 17.8 Å². The molecule has 2 N–H and O–H groups in total. The predicted octanol–water partition coefficient (Wildman–Crippen LogP) is -0.181. The lowest BCUT2D eigenvalue weighted by Gasteiger charge is -1.93. The van der Waals surface area contributed by atoms with E-state index in [0.717, 1.165) is 0 Å². The summed E-state index contributed by atoms with van der Waals surface area (Å²) in [5.41, 5.74) is 2.00. The van der Waals surface area contributed by atoms with Crippen LogP contribution in [0.25, 0.3) is 0 Å². The topological polar surface area (TPSA) is 58.6 Å². The summed E-state index contributed by atoms with van der Waals surface area (Å²) >= 11 is 0. The molecular weight excluding hydrogens is 110 g/mol. The summed E-state index contributed by atoms with van der Waals surface area (Å²) in [5.74, 6) is 2.12. The minimum Gasteiger partial charge on any atom is -0.448 e. The molecule has 0 bridgehead atoms. The number of hydroxylamine groups is 1. The molecule has 0 fully saturated rings. The largest absolute Gasteiger partial charge is 0.525 e. The summed E-state index contributed by atoms with van der Waals surface area (Å²) < 4.78 is 0. The summed E-state index contributed by atoms with van der Waals surface area (Å²) in [6, 6.07) is 0. The standard InChI is InChI=1S/C4H5NO3/c1-2-3-5-8-4(6)7/h1,5H,3H2,(H,6,7). The van der Waals surface area contributed by atoms with Crippen LogP contribution in [0.4, 0.5) is 4.79 Å². The highest BCUT2D eigenvalue weighted by Crippen LogP contribution is 1.64. The molecule has 4 nitrogen and oxygen atoms in total. The van der Waals surface area contributed by atoms with E-state index in [1.165, 1.54) is 0 Å². The van der Waals surface area contributed by atoms with E-state index >= 15 is 0 Å². The van der Waals surface area contributed by atoms with Crippen molar-refractivity contribution in [2.24, 2.45) is 0 Å². The first-order chi connectivity index (χ1) is 3.77. The second-order valence-corrected chi connectivity index (χ2v) is 0.893. The van der Waals surface area contributed by atoms with E-state index < -0.39 is 6.16 Å². The molecule has 0 rings (SSSR count). The van der Waals surface area contributed by atoms with Crippen LogP contribution in [0.2, 0.25) is 0 Å². The molecule has 0 aliphatic heterocycles. The summed E-state index contributed by atoms with van der Waals surface area (Å²) in [7, 11) is 0. The molecule has 0 saturated carbocycles. The molecule has 0 atom stereocenters. The Bertz CT molecular complexity index is 115. The van der Waals surface area contributed by atoms with Crippen LogP contribution in [-0.2, 0) is 4.84 Å². The molecule has 8 heavy (non-hydrogen) atoms. The average molecular weight is 115 g/mol. The van der Waals surface area contributed by atoms with Crippen LogP contribution in [0.1, 0.15) is 0 Å². The average Bonchev–Trinajstić information content (AvgIpc) is 1.66. The van der Waals surface area contributed by atoms with Gasteiger partial charge in [-0.05, 0) is 0 Å². The molecule has 0 aromatic rings. The summed E-state index contributed by atoms with van der Waals surface area (Å²) in [4.78, 5) is 13.3. The molecule has 4 heteroatoms. The SMILES string of the molecule is C#CCNOC(=O)O. The number of terminal acetylenes is 1. The summed E-state index contributed by atoms with van der Waals surface area (Å²) in [5, 5.41) is 7.79. The van der Waals surface area contributed by atoms with Crippen LogP contribution in [0, 0.1) is 12.3 Å².